The molecule has 2 aliphatic heterocycles. The van der Waals surface area contributed by atoms with Gasteiger partial charge in [0.2, 0.25) is 11.9 Å². The molecule has 130 valence electrons. The van der Waals surface area contributed by atoms with Crippen LogP contribution >= 0.6 is 0 Å². The van der Waals surface area contributed by atoms with Gasteiger partial charge in [-0.3, -0.25) is 9.59 Å². The van der Waals surface area contributed by atoms with E-state index in [1.165, 1.54) is 0 Å². The van der Waals surface area contributed by atoms with Crippen LogP contribution in [0.15, 0.2) is 12.4 Å². The Morgan fingerprint density at radius 1 is 1.25 bits per heavy atom. The fraction of sp³-hybridized carbons (Fsp3) is 0.647. The van der Waals surface area contributed by atoms with Gasteiger partial charge < -0.3 is 14.7 Å². The Kier molecular flexibility index (Phi) is 4.69. The monoisotopic (exact) mass is 331 g/mol. The smallest absolute Gasteiger partial charge is 0.257 e. The van der Waals surface area contributed by atoms with Crippen LogP contribution in [0.2, 0.25) is 0 Å². The Hall–Kier alpha value is -2.18. The van der Waals surface area contributed by atoms with E-state index < -0.39 is 0 Å². The third-order valence-electron chi connectivity index (χ3n) is 5.12. The standard InChI is InChI=1S/C17H25N5O2/c1-20(2)17-18-9-13(10-19-17)16(24)22-8-7-14-12(11-22)5-4-6-15(23)21(14)3/h9-10,12,14H,4-8,11H2,1-3H3/t12-,14+/m0/s1. The quantitative estimate of drug-likeness (QED) is 0.809. The number of fused-ring (bicyclic) bond motifs is 1. The molecule has 0 aliphatic carbocycles. The Balaban J connectivity index is 1.70. The normalized spacial score (nSPS) is 24.4. The SMILES string of the molecule is CN(C)c1ncc(C(=O)N2CC[C@@H]3[C@@H](CCCC(=O)N3C)C2)cn1. The molecule has 0 bridgehead atoms. The predicted octanol–water partition coefficient (Wildman–Crippen LogP) is 1.02. The zero-order valence-corrected chi connectivity index (χ0v) is 14.6. The molecule has 3 heterocycles. The van der Waals surface area contributed by atoms with Gasteiger partial charge >= 0.3 is 0 Å². The minimum absolute atomic E-state index is 0.0167. The van der Waals surface area contributed by atoms with Crippen molar-refractivity contribution in [2.45, 2.75) is 31.7 Å². The van der Waals surface area contributed by atoms with Gasteiger partial charge in [-0.05, 0) is 25.2 Å². The highest BCUT2D eigenvalue weighted by molar-refractivity contribution is 5.93. The lowest BCUT2D eigenvalue weighted by Gasteiger charge is -2.41. The minimum Gasteiger partial charge on any atom is -0.347 e. The van der Waals surface area contributed by atoms with Gasteiger partial charge in [-0.15, -0.1) is 0 Å². The van der Waals surface area contributed by atoms with E-state index in [4.69, 9.17) is 0 Å². The summed E-state index contributed by atoms with van der Waals surface area (Å²) in [5.74, 6) is 1.17. The summed E-state index contributed by atoms with van der Waals surface area (Å²) >= 11 is 0. The van der Waals surface area contributed by atoms with Gasteiger partial charge in [-0.1, -0.05) is 0 Å². The summed E-state index contributed by atoms with van der Waals surface area (Å²) < 4.78 is 0. The summed E-state index contributed by atoms with van der Waals surface area (Å²) in [7, 11) is 5.63. The number of piperidine rings is 1. The van der Waals surface area contributed by atoms with Crippen LogP contribution < -0.4 is 4.90 Å². The molecule has 24 heavy (non-hydrogen) atoms. The first-order valence-corrected chi connectivity index (χ1v) is 8.51. The molecule has 0 N–H and O–H groups in total. The topological polar surface area (TPSA) is 69.6 Å². The number of hydrogen-bond donors (Lipinski definition) is 0. The average Bonchev–Trinajstić information content (AvgIpc) is 2.73. The van der Waals surface area contributed by atoms with Gasteiger partial charge in [0.1, 0.15) is 0 Å². The minimum atomic E-state index is -0.0167. The highest BCUT2D eigenvalue weighted by atomic mass is 16.2. The molecule has 0 saturated carbocycles. The first-order chi connectivity index (χ1) is 11.5. The molecule has 2 amide bonds. The first-order valence-electron chi connectivity index (χ1n) is 8.51. The fourth-order valence-electron chi connectivity index (χ4n) is 3.72. The second-order valence-electron chi connectivity index (χ2n) is 6.93. The van der Waals surface area contributed by atoms with E-state index in [9.17, 15) is 9.59 Å². The summed E-state index contributed by atoms with van der Waals surface area (Å²) in [4.78, 5) is 38.8. The molecule has 3 rings (SSSR count). The van der Waals surface area contributed by atoms with Crippen molar-refractivity contribution >= 4 is 17.8 Å². The Bertz CT molecular complexity index is 616. The number of anilines is 1. The average molecular weight is 331 g/mol. The zero-order chi connectivity index (χ0) is 17.3. The van der Waals surface area contributed by atoms with E-state index in [1.807, 2.05) is 30.9 Å². The Labute approximate surface area is 142 Å². The van der Waals surface area contributed by atoms with Gasteiger partial charge in [-0.25, -0.2) is 9.97 Å². The van der Waals surface area contributed by atoms with Gasteiger partial charge in [0, 0.05) is 59.1 Å². The summed E-state index contributed by atoms with van der Waals surface area (Å²) in [6, 6.07) is 0.261. The molecule has 1 aromatic heterocycles. The van der Waals surface area contributed by atoms with Crippen LogP contribution in [0.25, 0.3) is 0 Å². The van der Waals surface area contributed by atoms with Crippen molar-refractivity contribution in [3.63, 3.8) is 0 Å². The summed E-state index contributed by atoms with van der Waals surface area (Å²) in [6.07, 6.45) is 6.57. The number of carbonyl (C=O) groups is 2. The molecular weight excluding hydrogens is 306 g/mol. The van der Waals surface area contributed by atoms with Crippen LogP contribution in [0.1, 0.15) is 36.0 Å². The van der Waals surface area contributed by atoms with Crippen LogP contribution in [0, 0.1) is 5.92 Å². The van der Waals surface area contributed by atoms with Crippen LogP contribution in [0.3, 0.4) is 0 Å². The van der Waals surface area contributed by atoms with E-state index in [2.05, 4.69) is 9.97 Å². The highest BCUT2D eigenvalue weighted by Crippen LogP contribution is 2.30. The fourth-order valence-corrected chi connectivity index (χ4v) is 3.72. The first kappa shape index (κ1) is 16.7. The van der Waals surface area contributed by atoms with Crippen LogP contribution in [-0.2, 0) is 4.79 Å². The molecule has 7 nitrogen and oxygen atoms in total. The second-order valence-corrected chi connectivity index (χ2v) is 6.93. The maximum Gasteiger partial charge on any atom is 0.257 e. The molecule has 2 aliphatic rings. The largest absolute Gasteiger partial charge is 0.347 e. The molecule has 2 saturated heterocycles. The molecule has 0 unspecified atom stereocenters. The van der Waals surface area contributed by atoms with Crippen molar-refractivity contribution in [1.82, 2.24) is 19.8 Å². The van der Waals surface area contributed by atoms with Crippen molar-refractivity contribution in [2.75, 3.05) is 39.1 Å². The maximum atomic E-state index is 12.7. The Morgan fingerprint density at radius 2 is 1.96 bits per heavy atom. The number of hydrogen-bond acceptors (Lipinski definition) is 5. The number of carbonyl (C=O) groups excluding carboxylic acids is 2. The van der Waals surface area contributed by atoms with Crippen LogP contribution in [0.5, 0.6) is 0 Å². The van der Waals surface area contributed by atoms with Crippen molar-refractivity contribution in [2.24, 2.45) is 5.92 Å². The third-order valence-corrected chi connectivity index (χ3v) is 5.12. The molecular formula is C17H25N5O2. The molecule has 7 heteroatoms. The number of amides is 2. The zero-order valence-electron chi connectivity index (χ0n) is 14.6. The summed E-state index contributed by atoms with van der Waals surface area (Å²) in [5.41, 5.74) is 0.525. The highest BCUT2D eigenvalue weighted by Gasteiger charge is 2.37. The number of nitrogens with zero attached hydrogens (tertiary/aromatic N) is 5. The second kappa shape index (κ2) is 6.75. The van der Waals surface area contributed by atoms with Crippen molar-refractivity contribution in [3.05, 3.63) is 18.0 Å². The van der Waals surface area contributed by atoms with Gasteiger partial charge in [0.05, 0.1) is 5.56 Å². The number of aromatic nitrogens is 2. The number of rotatable bonds is 2. The third kappa shape index (κ3) is 3.20. The van der Waals surface area contributed by atoms with Gasteiger partial charge in [-0.2, -0.15) is 0 Å². The van der Waals surface area contributed by atoms with Crippen molar-refractivity contribution < 1.29 is 9.59 Å². The van der Waals surface area contributed by atoms with Gasteiger partial charge in [0.15, 0.2) is 0 Å². The van der Waals surface area contributed by atoms with E-state index in [0.29, 0.717) is 36.9 Å². The molecule has 0 spiro atoms. The van der Waals surface area contributed by atoms with E-state index in [1.54, 1.807) is 17.3 Å². The lowest BCUT2D eigenvalue weighted by Crippen LogP contribution is -2.51. The van der Waals surface area contributed by atoms with E-state index in [-0.39, 0.29) is 17.9 Å². The number of likely N-dealkylation sites (tertiary alicyclic amines) is 2. The summed E-state index contributed by atoms with van der Waals surface area (Å²) in [6.45, 7) is 1.38. The lowest BCUT2D eigenvalue weighted by molar-refractivity contribution is -0.132. The van der Waals surface area contributed by atoms with Crippen LogP contribution in [0.4, 0.5) is 5.95 Å². The molecule has 2 fully saturated rings. The molecule has 1 aromatic rings. The van der Waals surface area contributed by atoms with Crippen LogP contribution in [-0.4, -0.2) is 71.9 Å². The van der Waals surface area contributed by atoms with E-state index >= 15 is 0 Å². The van der Waals surface area contributed by atoms with Crippen molar-refractivity contribution in [1.29, 1.82) is 0 Å². The maximum absolute atomic E-state index is 12.7. The summed E-state index contributed by atoms with van der Waals surface area (Å²) in [5, 5.41) is 0. The molecule has 0 aromatic carbocycles. The molecule has 2 atom stereocenters. The van der Waals surface area contributed by atoms with Gasteiger partial charge in [0.25, 0.3) is 5.91 Å². The Morgan fingerprint density at radius 3 is 2.62 bits per heavy atom. The lowest BCUT2D eigenvalue weighted by atomic mass is 9.88. The van der Waals surface area contributed by atoms with E-state index in [0.717, 1.165) is 19.3 Å². The predicted molar refractivity (Wildman–Crippen MR) is 90.8 cm³/mol. The molecule has 0 radical (unpaired) electrons. The van der Waals surface area contributed by atoms with Crippen molar-refractivity contribution in [3.8, 4) is 0 Å².